The van der Waals surface area contributed by atoms with Crippen molar-refractivity contribution in [2.24, 2.45) is 0 Å². The number of nitrogens with zero attached hydrogens (tertiary/aromatic N) is 4. The Kier molecular flexibility index (Phi) is 5.42. The molecule has 1 atom stereocenters. The molecule has 3 heterocycles. The van der Waals surface area contributed by atoms with Gasteiger partial charge in [0.1, 0.15) is 11.6 Å². The van der Waals surface area contributed by atoms with E-state index in [0.717, 1.165) is 29.0 Å². The van der Waals surface area contributed by atoms with E-state index in [9.17, 15) is 5.11 Å². The van der Waals surface area contributed by atoms with Gasteiger partial charge in [-0.25, -0.2) is 15.0 Å². The number of aliphatic hydroxyl groups excluding tert-OH is 1. The van der Waals surface area contributed by atoms with Gasteiger partial charge in [0.2, 0.25) is 0 Å². The van der Waals surface area contributed by atoms with Gasteiger partial charge in [-0.1, -0.05) is 6.58 Å². The Hall–Kier alpha value is -3.03. The molecule has 0 aliphatic carbocycles. The molecule has 29 heavy (non-hydrogen) atoms. The van der Waals surface area contributed by atoms with Gasteiger partial charge in [-0.3, -0.25) is 0 Å². The van der Waals surface area contributed by atoms with Gasteiger partial charge in [-0.15, -0.1) is 0 Å². The first-order valence-corrected chi connectivity index (χ1v) is 9.58. The first-order chi connectivity index (χ1) is 14.1. The highest BCUT2D eigenvalue weighted by Gasteiger charge is 2.23. The summed E-state index contributed by atoms with van der Waals surface area (Å²) in [5, 5.41) is 10.5. The summed E-state index contributed by atoms with van der Waals surface area (Å²) in [7, 11) is 1.59. The summed E-state index contributed by atoms with van der Waals surface area (Å²) in [5.41, 5.74) is 2.98. The molecule has 2 aromatic heterocycles. The van der Waals surface area contributed by atoms with Gasteiger partial charge in [0.05, 0.1) is 44.1 Å². The molecular formula is C22H24N4O3. The maximum Gasteiger partial charge on any atom is 0.165 e. The normalized spacial score (nSPS) is 16.8. The summed E-state index contributed by atoms with van der Waals surface area (Å²) < 4.78 is 10.9. The first kappa shape index (κ1) is 19.3. The lowest BCUT2D eigenvalue weighted by molar-refractivity contribution is 0.0987. The Morgan fingerprint density at radius 2 is 2.14 bits per heavy atom. The predicted molar refractivity (Wildman–Crippen MR) is 113 cm³/mol. The molecule has 150 valence electrons. The molecule has 1 aliphatic heterocycles. The average molecular weight is 392 g/mol. The van der Waals surface area contributed by atoms with Crippen molar-refractivity contribution in [1.29, 1.82) is 0 Å². The molecular weight excluding hydrogens is 368 g/mol. The van der Waals surface area contributed by atoms with Crippen LogP contribution in [0.2, 0.25) is 0 Å². The number of hydrogen-bond donors (Lipinski definition) is 1. The van der Waals surface area contributed by atoms with Gasteiger partial charge in [-0.2, -0.15) is 0 Å². The van der Waals surface area contributed by atoms with Crippen molar-refractivity contribution in [1.82, 2.24) is 15.0 Å². The number of fused-ring (bicyclic) bond motifs is 1. The van der Waals surface area contributed by atoms with Crippen LogP contribution in [0.15, 0.2) is 36.9 Å². The molecule has 1 aromatic carbocycles. The van der Waals surface area contributed by atoms with Crippen molar-refractivity contribution < 1.29 is 14.6 Å². The predicted octanol–water partition coefficient (Wildman–Crippen LogP) is 3.06. The van der Waals surface area contributed by atoms with Crippen LogP contribution in [0.25, 0.3) is 28.4 Å². The van der Waals surface area contributed by atoms with Crippen molar-refractivity contribution in [2.75, 3.05) is 31.8 Å². The lowest BCUT2D eigenvalue weighted by Crippen LogP contribution is -2.44. The van der Waals surface area contributed by atoms with Gasteiger partial charge < -0.3 is 19.5 Å². The molecule has 7 nitrogen and oxygen atoms in total. The minimum atomic E-state index is -0.105. The molecule has 0 radical (unpaired) electrons. The van der Waals surface area contributed by atoms with E-state index in [1.54, 1.807) is 13.2 Å². The number of morpholine rings is 1. The Bertz CT molecular complexity index is 1050. The summed E-state index contributed by atoms with van der Waals surface area (Å²) in [6.45, 7) is 7.94. The third kappa shape index (κ3) is 3.66. The van der Waals surface area contributed by atoms with Crippen LogP contribution in [0, 0.1) is 0 Å². The summed E-state index contributed by atoms with van der Waals surface area (Å²) in [5.74, 6) is 2.05. The van der Waals surface area contributed by atoms with E-state index in [1.807, 2.05) is 30.3 Å². The van der Waals surface area contributed by atoms with Gasteiger partial charge >= 0.3 is 0 Å². The minimum Gasteiger partial charge on any atom is -0.496 e. The molecule has 1 N–H and O–H groups in total. The van der Waals surface area contributed by atoms with E-state index in [2.05, 4.69) is 23.4 Å². The number of hydrogen-bond acceptors (Lipinski definition) is 7. The van der Waals surface area contributed by atoms with E-state index in [-0.39, 0.29) is 12.6 Å². The van der Waals surface area contributed by atoms with Crippen LogP contribution in [0.5, 0.6) is 5.75 Å². The first-order valence-electron chi connectivity index (χ1n) is 9.58. The van der Waals surface area contributed by atoms with Crippen LogP contribution in [0.4, 0.5) is 5.82 Å². The number of ether oxygens (including phenoxy) is 2. The zero-order chi connectivity index (χ0) is 20.4. The Balaban J connectivity index is 1.83. The summed E-state index contributed by atoms with van der Waals surface area (Å²) >= 11 is 0. The summed E-state index contributed by atoms with van der Waals surface area (Å²) in [6.07, 6.45) is 1.64. The summed E-state index contributed by atoms with van der Waals surface area (Å²) in [6, 6.07) is 9.82. The van der Waals surface area contributed by atoms with Crippen molar-refractivity contribution in [2.45, 2.75) is 19.6 Å². The molecule has 3 aromatic rings. The number of pyridine rings is 1. The highest BCUT2D eigenvalue weighted by molar-refractivity contribution is 5.89. The lowest BCUT2D eigenvalue weighted by atomic mass is 10.1. The standard InChI is InChI=1S/C22H24N4O3/c1-4-20-24-21-17(22(25-20)26-9-10-29-13-14(26)2)6-7-18(23-21)15-5-8-19(28-3)16(11-15)12-27/h4-8,11,14,27H,1,9-10,12-13H2,2-3H3/t14-/m0/s1. The van der Waals surface area contributed by atoms with Crippen molar-refractivity contribution >= 4 is 22.9 Å². The molecule has 7 heteroatoms. The zero-order valence-electron chi connectivity index (χ0n) is 16.6. The highest BCUT2D eigenvalue weighted by Crippen LogP contribution is 2.30. The second-order valence-electron chi connectivity index (χ2n) is 6.98. The smallest absolute Gasteiger partial charge is 0.165 e. The lowest BCUT2D eigenvalue weighted by Gasteiger charge is -2.34. The van der Waals surface area contributed by atoms with Gasteiger partial charge in [-0.05, 0) is 43.3 Å². The van der Waals surface area contributed by atoms with Crippen LogP contribution in [-0.4, -0.2) is 53.0 Å². The van der Waals surface area contributed by atoms with E-state index < -0.39 is 0 Å². The molecule has 4 rings (SSSR count). The second-order valence-corrected chi connectivity index (χ2v) is 6.98. The van der Waals surface area contributed by atoms with Crippen LogP contribution in [-0.2, 0) is 11.3 Å². The monoisotopic (exact) mass is 392 g/mol. The fourth-order valence-corrected chi connectivity index (χ4v) is 3.58. The summed E-state index contributed by atoms with van der Waals surface area (Å²) in [4.78, 5) is 16.3. The highest BCUT2D eigenvalue weighted by atomic mass is 16.5. The minimum absolute atomic E-state index is 0.105. The van der Waals surface area contributed by atoms with Crippen LogP contribution >= 0.6 is 0 Å². The fraction of sp³-hybridized carbons (Fsp3) is 0.318. The average Bonchev–Trinajstić information content (AvgIpc) is 2.77. The number of anilines is 1. The van der Waals surface area contributed by atoms with Crippen molar-refractivity contribution in [3.8, 4) is 17.0 Å². The van der Waals surface area contributed by atoms with E-state index in [1.165, 1.54) is 0 Å². The topological polar surface area (TPSA) is 80.6 Å². The maximum atomic E-state index is 9.62. The Labute approximate surface area is 169 Å². The van der Waals surface area contributed by atoms with E-state index in [4.69, 9.17) is 19.4 Å². The molecule has 0 spiro atoms. The molecule has 0 bridgehead atoms. The Morgan fingerprint density at radius 3 is 2.86 bits per heavy atom. The third-order valence-corrected chi connectivity index (χ3v) is 5.13. The van der Waals surface area contributed by atoms with E-state index >= 15 is 0 Å². The number of aliphatic hydroxyl groups is 1. The second kappa shape index (κ2) is 8.14. The quantitative estimate of drug-likeness (QED) is 0.715. The zero-order valence-corrected chi connectivity index (χ0v) is 16.6. The van der Waals surface area contributed by atoms with Gasteiger partial charge in [0, 0.05) is 17.7 Å². The Morgan fingerprint density at radius 1 is 1.28 bits per heavy atom. The maximum absolute atomic E-state index is 9.62. The third-order valence-electron chi connectivity index (χ3n) is 5.13. The molecule has 0 saturated carbocycles. The van der Waals surface area contributed by atoms with E-state index in [0.29, 0.717) is 36.0 Å². The van der Waals surface area contributed by atoms with Crippen LogP contribution in [0.1, 0.15) is 18.3 Å². The fourth-order valence-electron chi connectivity index (χ4n) is 3.58. The SMILES string of the molecule is C=Cc1nc(N2CCOC[C@@H]2C)c2ccc(-c3ccc(OC)c(CO)c3)nc2n1. The number of rotatable bonds is 5. The molecule has 0 unspecified atom stereocenters. The van der Waals surface area contributed by atoms with Crippen molar-refractivity contribution in [3.05, 3.63) is 48.3 Å². The largest absolute Gasteiger partial charge is 0.496 e. The van der Waals surface area contributed by atoms with Crippen LogP contribution in [0.3, 0.4) is 0 Å². The van der Waals surface area contributed by atoms with Gasteiger partial charge in [0.25, 0.3) is 0 Å². The van der Waals surface area contributed by atoms with Gasteiger partial charge in [0.15, 0.2) is 11.5 Å². The molecule has 1 aliphatic rings. The number of benzene rings is 1. The molecule has 1 saturated heterocycles. The number of aromatic nitrogens is 3. The van der Waals surface area contributed by atoms with Crippen LogP contribution < -0.4 is 9.64 Å². The van der Waals surface area contributed by atoms with Crippen molar-refractivity contribution in [3.63, 3.8) is 0 Å². The molecule has 1 fully saturated rings. The number of methoxy groups -OCH3 is 1. The molecule has 0 amide bonds.